The highest BCUT2D eigenvalue weighted by Crippen LogP contribution is 2.17. The van der Waals surface area contributed by atoms with E-state index in [0.717, 1.165) is 19.6 Å². The summed E-state index contributed by atoms with van der Waals surface area (Å²) in [6, 6.07) is 13.4. The lowest BCUT2D eigenvalue weighted by molar-refractivity contribution is -0.132. The summed E-state index contributed by atoms with van der Waals surface area (Å²) < 4.78 is 5.21. The second-order valence-corrected chi connectivity index (χ2v) is 10.8. The van der Waals surface area contributed by atoms with Gasteiger partial charge in [0.15, 0.2) is 10.9 Å². The van der Waals surface area contributed by atoms with Gasteiger partial charge in [0, 0.05) is 44.6 Å². The number of benzene rings is 1. The second kappa shape index (κ2) is 13.9. The number of aromatic nitrogens is 1. The van der Waals surface area contributed by atoms with Crippen molar-refractivity contribution in [1.82, 2.24) is 19.7 Å². The van der Waals surface area contributed by atoms with Gasteiger partial charge in [-0.3, -0.25) is 19.3 Å². The van der Waals surface area contributed by atoms with Crippen molar-refractivity contribution >= 4 is 40.3 Å². The smallest absolute Gasteiger partial charge is 0.290 e. The molecule has 2 aromatic heterocycles. The minimum atomic E-state index is -0.347. The zero-order valence-corrected chi connectivity index (χ0v) is 23.2. The number of carbonyl (C=O) groups excluding carboxylic acids is 3. The van der Waals surface area contributed by atoms with Gasteiger partial charge in [-0.1, -0.05) is 56.3 Å². The first-order chi connectivity index (χ1) is 18.9. The number of amides is 3. The van der Waals surface area contributed by atoms with E-state index in [1.54, 1.807) is 17.5 Å². The number of hydrogen-bond donors (Lipinski definition) is 1. The van der Waals surface area contributed by atoms with Gasteiger partial charge < -0.3 is 19.5 Å². The van der Waals surface area contributed by atoms with Gasteiger partial charge >= 0.3 is 0 Å². The molecule has 0 spiro atoms. The number of anilines is 1. The van der Waals surface area contributed by atoms with Crippen LogP contribution < -0.4 is 5.32 Å². The molecule has 39 heavy (non-hydrogen) atoms. The summed E-state index contributed by atoms with van der Waals surface area (Å²) in [4.78, 5) is 48.4. The first kappa shape index (κ1) is 28.3. The van der Waals surface area contributed by atoms with E-state index >= 15 is 0 Å². The van der Waals surface area contributed by atoms with Gasteiger partial charge in [-0.15, -0.1) is 11.3 Å². The van der Waals surface area contributed by atoms with Crippen molar-refractivity contribution in [3.63, 3.8) is 0 Å². The number of nitrogens with one attached hydrogen (secondary N) is 1. The monoisotopic (exact) mass is 549 g/mol. The van der Waals surface area contributed by atoms with Crippen molar-refractivity contribution in [3.8, 4) is 0 Å². The van der Waals surface area contributed by atoms with E-state index in [2.05, 4.69) is 39.5 Å². The zero-order chi connectivity index (χ0) is 27.6. The molecule has 4 rings (SSSR count). The molecule has 1 aliphatic rings. The van der Waals surface area contributed by atoms with E-state index in [1.807, 2.05) is 36.9 Å². The minimum absolute atomic E-state index is 0.0322. The summed E-state index contributed by atoms with van der Waals surface area (Å²) in [5.41, 5.74) is 1.81. The molecule has 1 saturated heterocycles. The molecule has 206 valence electrons. The first-order valence-electron chi connectivity index (χ1n) is 13.2. The summed E-state index contributed by atoms with van der Waals surface area (Å²) in [5, 5.41) is 4.96. The third-order valence-electron chi connectivity index (χ3n) is 6.27. The zero-order valence-electron chi connectivity index (χ0n) is 22.4. The number of nitrogens with zero attached hydrogens (tertiary/aromatic N) is 4. The van der Waals surface area contributed by atoms with Crippen molar-refractivity contribution < 1.29 is 18.8 Å². The van der Waals surface area contributed by atoms with Crippen LogP contribution in [-0.4, -0.2) is 83.2 Å². The number of thiazole rings is 1. The third-order valence-corrected chi connectivity index (χ3v) is 7.07. The van der Waals surface area contributed by atoms with Crippen molar-refractivity contribution in [1.29, 1.82) is 0 Å². The minimum Gasteiger partial charge on any atom is -0.459 e. The van der Waals surface area contributed by atoms with Crippen LogP contribution in [0.1, 0.15) is 35.7 Å². The van der Waals surface area contributed by atoms with Crippen molar-refractivity contribution in [2.75, 3.05) is 51.1 Å². The van der Waals surface area contributed by atoms with E-state index in [-0.39, 0.29) is 42.4 Å². The Kier molecular flexibility index (Phi) is 10.0. The Bertz CT molecular complexity index is 1250. The molecule has 0 unspecified atom stereocenters. The molecule has 1 fully saturated rings. The molecule has 0 aliphatic carbocycles. The number of carbonyl (C=O) groups is 3. The molecule has 0 atom stereocenters. The fourth-order valence-electron chi connectivity index (χ4n) is 4.34. The molecule has 1 N–H and O–H groups in total. The van der Waals surface area contributed by atoms with E-state index in [4.69, 9.17) is 4.42 Å². The van der Waals surface area contributed by atoms with Crippen molar-refractivity contribution in [2.24, 2.45) is 5.92 Å². The Hall–Kier alpha value is -3.76. The fraction of sp³-hybridized carbons (Fsp3) is 0.379. The van der Waals surface area contributed by atoms with Crippen LogP contribution >= 0.6 is 11.3 Å². The van der Waals surface area contributed by atoms with Gasteiger partial charge in [0.05, 0.1) is 18.4 Å². The lowest BCUT2D eigenvalue weighted by Crippen LogP contribution is -2.49. The van der Waals surface area contributed by atoms with Crippen LogP contribution in [0.3, 0.4) is 0 Å². The predicted molar refractivity (Wildman–Crippen MR) is 152 cm³/mol. The number of furan rings is 1. The maximum absolute atomic E-state index is 12.9. The van der Waals surface area contributed by atoms with Crippen LogP contribution in [-0.2, 0) is 16.0 Å². The summed E-state index contributed by atoms with van der Waals surface area (Å²) in [5.74, 6) is -0.267. The van der Waals surface area contributed by atoms with Gasteiger partial charge in [-0.2, -0.15) is 0 Å². The van der Waals surface area contributed by atoms with Gasteiger partial charge in [0.25, 0.3) is 5.91 Å². The average Bonchev–Trinajstić information content (AvgIpc) is 3.61. The summed E-state index contributed by atoms with van der Waals surface area (Å²) in [6.07, 6.45) is 5.91. The molecule has 0 bridgehead atoms. The van der Waals surface area contributed by atoms with Crippen LogP contribution in [0.25, 0.3) is 6.08 Å². The first-order valence-corrected chi connectivity index (χ1v) is 14.0. The Morgan fingerprint density at radius 1 is 1.10 bits per heavy atom. The molecule has 0 radical (unpaired) electrons. The Morgan fingerprint density at radius 2 is 1.87 bits per heavy atom. The normalized spacial score (nSPS) is 14.2. The molecule has 3 heterocycles. The molecule has 9 nitrogen and oxygen atoms in total. The Balaban J connectivity index is 1.22. The van der Waals surface area contributed by atoms with Crippen LogP contribution in [0.15, 0.2) is 64.6 Å². The van der Waals surface area contributed by atoms with Gasteiger partial charge in [-0.05, 0) is 23.6 Å². The molecular formula is C29H35N5O4S. The lowest BCUT2D eigenvalue weighted by atomic mass is 10.2. The molecule has 1 aliphatic heterocycles. The summed E-state index contributed by atoms with van der Waals surface area (Å²) in [7, 11) is 0. The number of piperazine rings is 1. The van der Waals surface area contributed by atoms with Crippen LogP contribution in [0.4, 0.5) is 5.13 Å². The number of hydrogen-bond acceptors (Lipinski definition) is 7. The molecular weight excluding hydrogens is 514 g/mol. The largest absolute Gasteiger partial charge is 0.459 e. The fourth-order valence-corrected chi connectivity index (χ4v) is 5.07. The quantitative estimate of drug-likeness (QED) is 0.390. The standard InChI is InChI=1S/C29H35N5O4S/c1-22(2)19-34(28(37)25-11-7-17-38-25)20-26(35)31-29-30-24(21-39-29)18-27(36)33-15-13-32(14-16-33)12-6-10-23-8-4-3-5-9-23/h3-11,17,21-22H,12-16,18-20H2,1-2H3,(H,30,31,35)/b10-6+. The summed E-state index contributed by atoms with van der Waals surface area (Å²) >= 11 is 1.27. The molecule has 10 heteroatoms. The number of rotatable bonds is 11. The maximum Gasteiger partial charge on any atom is 0.290 e. The molecule has 3 aromatic rings. The highest BCUT2D eigenvalue weighted by atomic mass is 32.1. The van der Waals surface area contributed by atoms with E-state index in [9.17, 15) is 14.4 Å². The average molecular weight is 550 g/mol. The Labute approximate surface area is 233 Å². The van der Waals surface area contributed by atoms with E-state index in [1.165, 1.54) is 28.1 Å². The van der Waals surface area contributed by atoms with Crippen LogP contribution in [0, 0.1) is 5.92 Å². The lowest BCUT2D eigenvalue weighted by Gasteiger charge is -2.34. The predicted octanol–water partition coefficient (Wildman–Crippen LogP) is 3.87. The van der Waals surface area contributed by atoms with Crippen LogP contribution in [0.5, 0.6) is 0 Å². The van der Waals surface area contributed by atoms with Gasteiger partial charge in [0.1, 0.15) is 6.54 Å². The molecule has 3 amide bonds. The third kappa shape index (κ3) is 8.62. The molecule has 0 saturated carbocycles. The maximum atomic E-state index is 12.9. The van der Waals surface area contributed by atoms with Crippen molar-refractivity contribution in [3.05, 3.63) is 77.2 Å². The molecule has 1 aromatic carbocycles. The second-order valence-electron chi connectivity index (χ2n) is 9.92. The topological polar surface area (TPSA) is 99.0 Å². The van der Waals surface area contributed by atoms with Gasteiger partial charge in [-0.25, -0.2) is 4.98 Å². The Morgan fingerprint density at radius 3 is 2.56 bits per heavy atom. The SMILES string of the molecule is CC(C)CN(CC(=O)Nc1nc(CC(=O)N2CCN(C/C=C/c3ccccc3)CC2)cs1)C(=O)c1ccco1. The highest BCUT2D eigenvalue weighted by Gasteiger charge is 2.24. The summed E-state index contributed by atoms with van der Waals surface area (Å²) in [6.45, 7) is 8.13. The highest BCUT2D eigenvalue weighted by molar-refractivity contribution is 7.13. The van der Waals surface area contributed by atoms with Crippen molar-refractivity contribution in [2.45, 2.75) is 20.3 Å². The van der Waals surface area contributed by atoms with E-state index in [0.29, 0.717) is 30.5 Å². The van der Waals surface area contributed by atoms with Gasteiger partial charge in [0.2, 0.25) is 11.8 Å². The van der Waals surface area contributed by atoms with Crippen LogP contribution in [0.2, 0.25) is 0 Å². The van der Waals surface area contributed by atoms with E-state index < -0.39 is 0 Å².